The quantitative estimate of drug-likeness (QED) is 0.871. The zero-order valence-electron chi connectivity index (χ0n) is 11.9. The molecule has 0 fully saturated rings. The van der Waals surface area contributed by atoms with Gasteiger partial charge in [-0.2, -0.15) is 0 Å². The summed E-state index contributed by atoms with van der Waals surface area (Å²) in [6.07, 6.45) is 0. The summed E-state index contributed by atoms with van der Waals surface area (Å²) in [6, 6.07) is 14.9. The molecule has 5 heteroatoms. The lowest BCUT2D eigenvalue weighted by molar-refractivity contribution is -0.122. The molecule has 21 heavy (non-hydrogen) atoms. The first kappa shape index (κ1) is 15.4. The Hall–Kier alpha value is -2.01. The monoisotopic (exact) mass is 348 g/mol. The number of amides is 1. The van der Waals surface area contributed by atoms with Gasteiger partial charge in [-0.1, -0.05) is 34.1 Å². The first-order valence-electron chi connectivity index (χ1n) is 6.44. The molecule has 0 saturated carbocycles. The number of nitrogens with one attached hydrogen (secondary N) is 1. The van der Waals surface area contributed by atoms with Crippen LogP contribution in [-0.4, -0.2) is 13.0 Å². The number of ether oxygens (including phenoxy) is 1. The van der Waals surface area contributed by atoms with Crippen molar-refractivity contribution in [2.75, 3.05) is 12.4 Å². The Labute approximate surface area is 132 Å². The summed E-state index contributed by atoms with van der Waals surface area (Å²) < 4.78 is 6.13. The Morgan fingerprint density at radius 2 is 1.95 bits per heavy atom. The van der Waals surface area contributed by atoms with Crippen molar-refractivity contribution in [3.05, 3.63) is 58.6 Å². The summed E-state index contributed by atoms with van der Waals surface area (Å²) in [7, 11) is 1.59. The summed E-state index contributed by atoms with van der Waals surface area (Å²) >= 11 is 3.41. The minimum Gasteiger partial charge on any atom is -0.497 e. The standard InChI is InChI=1S/C16H17BrN2O2/c1-16(15(18)20,11-5-3-8-14(9-11)21-2)19-13-7-4-6-12(17)10-13/h3-10,19H,1-2H3,(H2,18,20). The first-order valence-corrected chi connectivity index (χ1v) is 7.23. The van der Waals surface area contributed by atoms with E-state index in [0.717, 1.165) is 15.7 Å². The number of benzene rings is 2. The third-order valence-corrected chi connectivity index (χ3v) is 3.85. The molecule has 0 spiro atoms. The number of halogens is 1. The van der Waals surface area contributed by atoms with Crippen LogP contribution in [-0.2, 0) is 10.3 Å². The number of methoxy groups -OCH3 is 1. The van der Waals surface area contributed by atoms with E-state index in [-0.39, 0.29) is 0 Å². The van der Waals surface area contributed by atoms with Crippen molar-refractivity contribution in [1.82, 2.24) is 0 Å². The smallest absolute Gasteiger partial charge is 0.247 e. The van der Waals surface area contributed by atoms with Crippen LogP contribution in [0.3, 0.4) is 0 Å². The van der Waals surface area contributed by atoms with E-state index >= 15 is 0 Å². The molecule has 0 aliphatic heterocycles. The Balaban J connectivity index is 2.42. The van der Waals surface area contributed by atoms with E-state index in [1.54, 1.807) is 20.1 Å². The van der Waals surface area contributed by atoms with Gasteiger partial charge in [0, 0.05) is 10.2 Å². The van der Waals surface area contributed by atoms with Crippen LogP contribution >= 0.6 is 15.9 Å². The molecule has 0 radical (unpaired) electrons. The number of hydrogen-bond acceptors (Lipinski definition) is 3. The number of carbonyl (C=O) groups excluding carboxylic acids is 1. The van der Waals surface area contributed by atoms with Crippen LogP contribution in [0.4, 0.5) is 5.69 Å². The van der Waals surface area contributed by atoms with E-state index < -0.39 is 11.4 Å². The second kappa shape index (κ2) is 6.18. The average molecular weight is 349 g/mol. The predicted molar refractivity (Wildman–Crippen MR) is 87.3 cm³/mol. The van der Waals surface area contributed by atoms with E-state index in [1.165, 1.54) is 0 Å². The zero-order valence-corrected chi connectivity index (χ0v) is 13.5. The summed E-state index contributed by atoms with van der Waals surface area (Å²) in [5.74, 6) is 0.215. The van der Waals surface area contributed by atoms with Gasteiger partial charge in [-0.05, 0) is 42.8 Å². The minimum absolute atomic E-state index is 0.462. The number of carbonyl (C=O) groups is 1. The number of nitrogens with two attached hydrogens (primary N) is 1. The van der Waals surface area contributed by atoms with Crippen molar-refractivity contribution >= 4 is 27.5 Å². The normalized spacial score (nSPS) is 13.3. The molecular weight excluding hydrogens is 332 g/mol. The van der Waals surface area contributed by atoms with Crippen LogP contribution in [0.15, 0.2) is 53.0 Å². The highest BCUT2D eigenvalue weighted by Crippen LogP contribution is 2.29. The summed E-state index contributed by atoms with van der Waals surface area (Å²) in [4.78, 5) is 12.0. The molecular formula is C16H17BrN2O2. The maximum Gasteiger partial charge on any atom is 0.247 e. The zero-order chi connectivity index (χ0) is 15.5. The first-order chi connectivity index (χ1) is 9.95. The Morgan fingerprint density at radius 3 is 2.57 bits per heavy atom. The van der Waals surface area contributed by atoms with Gasteiger partial charge in [-0.3, -0.25) is 4.79 Å². The van der Waals surface area contributed by atoms with Crippen LogP contribution in [0.5, 0.6) is 5.75 Å². The molecule has 0 aliphatic rings. The van der Waals surface area contributed by atoms with Gasteiger partial charge in [0.1, 0.15) is 11.3 Å². The Bertz CT molecular complexity index is 660. The van der Waals surface area contributed by atoms with Crippen molar-refractivity contribution < 1.29 is 9.53 Å². The molecule has 2 aromatic rings. The molecule has 1 atom stereocenters. The van der Waals surface area contributed by atoms with Crippen molar-refractivity contribution in [1.29, 1.82) is 0 Å². The molecule has 0 saturated heterocycles. The van der Waals surface area contributed by atoms with Gasteiger partial charge in [0.05, 0.1) is 7.11 Å². The maximum atomic E-state index is 12.0. The molecule has 0 aromatic heterocycles. The van der Waals surface area contributed by atoms with Gasteiger partial charge in [0.2, 0.25) is 5.91 Å². The lowest BCUT2D eigenvalue weighted by atomic mass is 9.90. The molecule has 0 aliphatic carbocycles. The van der Waals surface area contributed by atoms with Gasteiger partial charge in [0.15, 0.2) is 0 Å². The van der Waals surface area contributed by atoms with Crippen molar-refractivity contribution in [3.8, 4) is 5.75 Å². The fourth-order valence-corrected chi connectivity index (χ4v) is 2.46. The Kier molecular flexibility index (Phi) is 4.53. The SMILES string of the molecule is COc1cccc(C(C)(Nc2cccc(Br)c2)C(N)=O)c1. The van der Waals surface area contributed by atoms with E-state index in [1.807, 2.05) is 42.5 Å². The molecule has 110 valence electrons. The number of primary amides is 1. The van der Waals surface area contributed by atoms with E-state index in [0.29, 0.717) is 5.75 Å². The lowest BCUT2D eigenvalue weighted by Crippen LogP contribution is -2.45. The molecule has 3 N–H and O–H groups in total. The second-order valence-electron chi connectivity index (χ2n) is 4.86. The highest BCUT2D eigenvalue weighted by atomic mass is 79.9. The van der Waals surface area contributed by atoms with Crippen LogP contribution < -0.4 is 15.8 Å². The number of rotatable bonds is 5. The molecule has 0 bridgehead atoms. The fourth-order valence-electron chi connectivity index (χ4n) is 2.07. The number of anilines is 1. The van der Waals surface area contributed by atoms with E-state index in [4.69, 9.17) is 10.5 Å². The van der Waals surface area contributed by atoms with E-state index in [2.05, 4.69) is 21.2 Å². The molecule has 2 aromatic carbocycles. The lowest BCUT2D eigenvalue weighted by Gasteiger charge is -2.29. The second-order valence-corrected chi connectivity index (χ2v) is 5.77. The topological polar surface area (TPSA) is 64.3 Å². The van der Waals surface area contributed by atoms with Gasteiger partial charge in [0.25, 0.3) is 0 Å². The highest BCUT2D eigenvalue weighted by Gasteiger charge is 2.33. The van der Waals surface area contributed by atoms with Gasteiger partial charge in [-0.25, -0.2) is 0 Å². The van der Waals surface area contributed by atoms with Gasteiger partial charge < -0.3 is 15.8 Å². The predicted octanol–water partition coefficient (Wildman–Crippen LogP) is 3.27. The molecule has 0 heterocycles. The summed E-state index contributed by atoms with van der Waals surface area (Å²) in [5.41, 5.74) is 6.14. The van der Waals surface area contributed by atoms with Crippen LogP contribution in [0.2, 0.25) is 0 Å². The Morgan fingerprint density at radius 1 is 1.24 bits per heavy atom. The van der Waals surface area contributed by atoms with Crippen LogP contribution in [0.1, 0.15) is 12.5 Å². The summed E-state index contributed by atoms with van der Waals surface area (Å²) in [5, 5.41) is 3.20. The largest absolute Gasteiger partial charge is 0.497 e. The molecule has 1 unspecified atom stereocenters. The maximum absolute atomic E-state index is 12.0. The molecule has 2 rings (SSSR count). The van der Waals surface area contributed by atoms with Gasteiger partial charge >= 0.3 is 0 Å². The minimum atomic E-state index is -1.03. The van der Waals surface area contributed by atoms with Crippen LogP contribution in [0.25, 0.3) is 0 Å². The highest BCUT2D eigenvalue weighted by molar-refractivity contribution is 9.10. The summed E-state index contributed by atoms with van der Waals surface area (Å²) in [6.45, 7) is 1.75. The number of hydrogen-bond donors (Lipinski definition) is 2. The van der Waals surface area contributed by atoms with Crippen molar-refractivity contribution in [2.24, 2.45) is 5.73 Å². The van der Waals surface area contributed by atoms with E-state index in [9.17, 15) is 4.79 Å². The van der Waals surface area contributed by atoms with Crippen molar-refractivity contribution in [2.45, 2.75) is 12.5 Å². The van der Waals surface area contributed by atoms with Crippen LogP contribution in [0, 0.1) is 0 Å². The van der Waals surface area contributed by atoms with Crippen molar-refractivity contribution in [3.63, 3.8) is 0 Å². The average Bonchev–Trinajstić information content (AvgIpc) is 2.47. The molecule has 4 nitrogen and oxygen atoms in total. The third-order valence-electron chi connectivity index (χ3n) is 3.36. The molecule has 1 amide bonds. The third kappa shape index (κ3) is 3.36. The fraction of sp³-hybridized carbons (Fsp3) is 0.188. The van der Waals surface area contributed by atoms with Gasteiger partial charge in [-0.15, -0.1) is 0 Å².